The van der Waals surface area contributed by atoms with Crippen molar-refractivity contribution >= 4 is 35.1 Å². The number of aryl methyl sites for hydroxylation is 1. The SMILES string of the molecule is COc1ccc(/C=C/C(=O)c2nn(C)cc2Cl)cc1COc1ccc(Cl)cc1. The van der Waals surface area contributed by atoms with Crippen LogP contribution in [0.5, 0.6) is 11.5 Å². The van der Waals surface area contributed by atoms with E-state index in [1.54, 1.807) is 50.7 Å². The van der Waals surface area contributed by atoms with E-state index in [9.17, 15) is 4.79 Å². The molecule has 3 rings (SSSR count). The fraction of sp³-hybridized carbons (Fsp3) is 0.143. The number of allylic oxidation sites excluding steroid dienone is 1. The smallest absolute Gasteiger partial charge is 0.207 e. The van der Waals surface area contributed by atoms with Gasteiger partial charge >= 0.3 is 0 Å². The van der Waals surface area contributed by atoms with Gasteiger partial charge in [-0.05, 0) is 48.0 Å². The largest absolute Gasteiger partial charge is 0.496 e. The second kappa shape index (κ2) is 8.95. The second-order valence-corrected chi connectivity index (χ2v) is 6.85. The predicted octanol–water partition coefficient (Wildman–Crippen LogP) is 5.21. The molecular formula is C21H18Cl2N2O3. The van der Waals surface area contributed by atoms with Crippen molar-refractivity contribution in [3.05, 3.63) is 81.6 Å². The van der Waals surface area contributed by atoms with Gasteiger partial charge in [-0.3, -0.25) is 9.48 Å². The van der Waals surface area contributed by atoms with E-state index in [-0.39, 0.29) is 11.5 Å². The van der Waals surface area contributed by atoms with Crippen LogP contribution in [0.15, 0.2) is 54.7 Å². The minimum atomic E-state index is -0.264. The molecular weight excluding hydrogens is 399 g/mol. The third kappa shape index (κ3) is 4.94. The Balaban J connectivity index is 1.75. The van der Waals surface area contributed by atoms with Gasteiger partial charge in [0.25, 0.3) is 0 Å². The molecule has 0 spiro atoms. The van der Waals surface area contributed by atoms with Gasteiger partial charge in [-0.15, -0.1) is 0 Å². The summed E-state index contributed by atoms with van der Waals surface area (Å²) in [5.74, 6) is 1.14. The minimum Gasteiger partial charge on any atom is -0.496 e. The van der Waals surface area contributed by atoms with E-state index < -0.39 is 0 Å². The Bertz CT molecular complexity index is 1010. The van der Waals surface area contributed by atoms with Gasteiger partial charge in [-0.2, -0.15) is 5.10 Å². The zero-order valence-electron chi connectivity index (χ0n) is 15.4. The first-order valence-corrected chi connectivity index (χ1v) is 9.18. The van der Waals surface area contributed by atoms with Crippen molar-refractivity contribution in [1.82, 2.24) is 9.78 Å². The van der Waals surface area contributed by atoms with E-state index >= 15 is 0 Å². The summed E-state index contributed by atoms with van der Waals surface area (Å²) in [6, 6.07) is 12.7. The van der Waals surface area contributed by atoms with Crippen molar-refractivity contribution in [3.8, 4) is 11.5 Å². The summed E-state index contributed by atoms with van der Waals surface area (Å²) < 4.78 is 12.7. The molecule has 0 fully saturated rings. The molecule has 0 bridgehead atoms. The zero-order chi connectivity index (χ0) is 20.1. The van der Waals surface area contributed by atoms with E-state index in [2.05, 4.69) is 5.10 Å². The molecule has 0 aliphatic heterocycles. The van der Waals surface area contributed by atoms with Crippen LogP contribution in [0.1, 0.15) is 21.6 Å². The summed E-state index contributed by atoms with van der Waals surface area (Å²) in [4.78, 5) is 12.3. The second-order valence-electron chi connectivity index (χ2n) is 6.01. The molecule has 0 atom stereocenters. The maximum Gasteiger partial charge on any atom is 0.207 e. The van der Waals surface area contributed by atoms with Crippen molar-refractivity contribution in [2.24, 2.45) is 7.05 Å². The number of ether oxygens (including phenoxy) is 2. The van der Waals surface area contributed by atoms with E-state index in [4.69, 9.17) is 32.7 Å². The first kappa shape index (κ1) is 20.0. The van der Waals surface area contributed by atoms with Gasteiger partial charge in [0, 0.05) is 23.8 Å². The number of carbonyl (C=O) groups is 1. The van der Waals surface area contributed by atoms with Gasteiger partial charge in [-0.1, -0.05) is 35.3 Å². The third-order valence-electron chi connectivity index (χ3n) is 3.96. The molecule has 1 aromatic heterocycles. The van der Waals surface area contributed by atoms with Crippen molar-refractivity contribution in [2.75, 3.05) is 7.11 Å². The first-order valence-electron chi connectivity index (χ1n) is 8.43. The molecule has 5 nitrogen and oxygen atoms in total. The lowest BCUT2D eigenvalue weighted by Gasteiger charge is -2.11. The number of methoxy groups -OCH3 is 1. The van der Waals surface area contributed by atoms with Crippen LogP contribution in [-0.4, -0.2) is 22.7 Å². The summed E-state index contributed by atoms with van der Waals surface area (Å²) in [5, 5.41) is 5.04. The highest BCUT2D eigenvalue weighted by Crippen LogP contribution is 2.24. The lowest BCUT2D eigenvalue weighted by molar-refractivity contribution is 0.104. The molecule has 28 heavy (non-hydrogen) atoms. The minimum absolute atomic E-state index is 0.222. The monoisotopic (exact) mass is 416 g/mol. The molecule has 0 amide bonds. The molecule has 3 aromatic rings. The molecule has 7 heteroatoms. The summed E-state index contributed by atoms with van der Waals surface area (Å²) in [5.41, 5.74) is 1.90. The van der Waals surface area contributed by atoms with Crippen molar-refractivity contribution in [1.29, 1.82) is 0 Å². The number of benzene rings is 2. The van der Waals surface area contributed by atoms with Gasteiger partial charge in [0.05, 0.1) is 12.1 Å². The Morgan fingerprint density at radius 2 is 1.93 bits per heavy atom. The van der Waals surface area contributed by atoms with Crippen LogP contribution in [0.4, 0.5) is 0 Å². The number of aromatic nitrogens is 2. The molecule has 0 aliphatic rings. The summed E-state index contributed by atoms with van der Waals surface area (Å²) in [7, 11) is 3.31. The fourth-order valence-electron chi connectivity index (χ4n) is 2.58. The number of hydrogen-bond acceptors (Lipinski definition) is 4. The van der Waals surface area contributed by atoms with Crippen molar-refractivity contribution in [3.63, 3.8) is 0 Å². The van der Waals surface area contributed by atoms with Crippen molar-refractivity contribution in [2.45, 2.75) is 6.61 Å². The number of ketones is 1. The van der Waals surface area contributed by atoms with Gasteiger partial charge < -0.3 is 9.47 Å². The fourth-order valence-corrected chi connectivity index (χ4v) is 2.98. The molecule has 0 saturated carbocycles. The predicted molar refractivity (Wildman–Crippen MR) is 110 cm³/mol. The molecule has 0 radical (unpaired) electrons. The van der Waals surface area contributed by atoms with E-state index in [1.165, 1.54) is 10.8 Å². The number of carbonyl (C=O) groups excluding carboxylic acids is 1. The van der Waals surface area contributed by atoms with Crippen LogP contribution in [0.3, 0.4) is 0 Å². The van der Waals surface area contributed by atoms with Gasteiger partial charge in [0.1, 0.15) is 18.1 Å². The standard InChI is InChI=1S/C21H18Cl2N2O3/c1-25-12-18(23)21(24-25)19(26)9-3-14-4-10-20(27-2)15(11-14)13-28-17-7-5-16(22)6-8-17/h3-12H,13H2,1-2H3/b9-3+. The Kier molecular flexibility index (Phi) is 6.39. The summed E-state index contributed by atoms with van der Waals surface area (Å²) >= 11 is 11.9. The van der Waals surface area contributed by atoms with Crippen LogP contribution in [-0.2, 0) is 13.7 Å². The zero-order valence-corrected chi connectivity index (χ0v) is 16.9. The van der Waals surface area contributed by atoms with E-state index in [0.717, 1.165) is 11.1 Å². The maximum atomic E-state index is 12.3. The van der Waals surface area contributed by atoms with Gasteiger partial charge in [-0.25, -0.2) is 0 Å². The van der Waals surface area contributed by atoms with Crippen molar-refractivity contribution < 1.29 is 14.3 Å². The quantitative estimate of drug-likeness (QED) is 0.391. The Hall–Kier alpha value is -2.76. The Morgan fingerprint density at radius 3 is 2.57 bits per heavy atom. The highest BCUT2D eigenvalue weighted by atomic mass is 35.5. The lowest BCUT2D eigenvalue weighted by atomic mass is 10.1. The number of nitrogens with zero attached hydrogens (tertiary/aromatic N) is 2. The molecule has 1 heterocycles. The third-order valence-corrected chi connectivity index (χ3v) is 4.49. The van der Waals surface area contributed by atoms with Crippen LogP contribution in [0.25, 0.3) is 6.08 Å². The molecule has 0 aliphatic carbocycles. The molecule has 2 aromatic carbocycles. The molecule has 0 N–H and O–H groups in total. The Labute approximate surface area is 173 Å². The molecule has 0 saturated heterocycles. The number of hydrogen-bond donors (Lipinski definition) is 0. The summed E-state index contributed by atoms with van der Waals surface area (Å²) in [6.45, 7) is 0.312. The average molecular weight is 417 g/mol. The van der Waals surface area contributed by atoms with Gasteiger partial charge in [0.2, 0.25) is 5.78 Å². The highest BCUT2D eigenvalue weighted by molar-refractivity contribution is 6.34. The number of rotatable bonds is 7. The highest BCUT2D eigenvalue weighted by Gasteiger charge is 2.12. The van der Waals surface area contributed by atoms with Crippen LogP contribution >= 0.6 is 23.2 Å². The van der Waals surface area contributed by atoms with Crippen LogP contribution in [0.2, 0.25) is 10.0 Å². The average Bonchev–Trinajstić information content (AvgIpc) is 3.04. The molecule has 144 valence electrons. The normalized spacial score (nSPS) is 11.0. The maximum absolute atomic E-state index is 12.3. The number of halogens is 2. The molecule has 0 unspecified atom stereocenters. The lowest BCUT2D eigenvalue weighted by Crippen LogP contribution is -2.00. The Morgan fingerprint density at radius 1 is 1.18 bits per heavy atom. The van der Waals surface area contributed by atoms with E-state index in [1.807, 2.05) is 18.2 Å². The summed E-state index contributed by atoms with van der Waals surface area (Å²) in [6.07, 6.45) is 4.74. The van der Waals surface area contributed by atoms with Gasteiger partial charge in [0.15, 0.2) is 5.69 Å². The first-order chi connectivity index (χ1) is 13.5. The topological polar surface area (TPSA) is 53.3 Å². The van der Waals surface area contributed by atoms with Crippen LogP contribution in [0, 0.1) is 0 Å². The van der Waals surface area contributed by atoms with Crippen LogP contribution < -0.4 is 9.47 Å². The van der Waals surface area contributed by atoms with E-state index in [0.29, 0.717) is 28.2 Å².